The van der Waals surface area contributed by atoms with Crippen LogP contribution in [0.25, 0.3) is 0 Å². The molecule has 0 fully saturated rings. The third-order valence-electron chi connectivity index (χ3n) is 1.63. The van der Waals surface area contributed by atoms with E-state index in [1.807, 2.05) is 6.92 Å². The van der Waals surface area contributed by atoms with Gasteiger partial charge in [-0.15, -0.1) is 11.3 Å². The van der Waals surface area contributed by atoms with E-state index in [1.165, 1.54) is 4.88 Å². The molecule has 0 aliphatic heterocycles. The van der Waals surface area contributed by atoms with E-state index in [0.29, 0.717) is 0 Å². The van der Waals surface area contributed by atoms with Crippen molar-refractivity contribution in [1.82, 2.24) is 4.98 Å². The highest BCUT2D eigenvalue weighted by Crippen LogP contribution is 2.09. The van der Waals surface area contributed by atoms with Gasteiger partial charge in [0, 0.05) is 10.4 Å². The Bertz CT molecular complexity index is 292. The van der Waals surface area contributed by atoms with E-state index in [1.54, 1.807) is 16.8 Å². The summed E-state index contributed by atoms with van der Waals surface area (Å²) in [6.07, 6.45) is 1.73. The highest BCUT2D eigenvalue weighted by Gasteiger charge is 2.02. The van der Waals surface area contributed by atoms with Gasteiger partial charge < -0.3 is 0 Å². The summed E-state index contributed by atoms with van der Waals surface area (Å²) in [4.78, 5) is 16.0. The molecule has 1 rings (SSSR count). The van der Waals surface area contributed by atoms with Crippen LogP contribution in [0.15, 0.2) is 10.3 Å². The molecule has 0 amide bonds. The topological polar surface area (TPSA) is 30.0 Å². The van der Waals surface area contributed by atoms with Gasteiger partial charge in [0.2, 0.25) is 0 Å². The van der Waals surface area contributed by atoms with Gasteiger partial charge in [0.05, 0.1) is 5.51 Å². The number of hydrogen-bond donors (Lipinski definition) is 0. The fourth-order valence-corrected chi connectivity index (χ4v) is 1.87. The van der Waals surface area contributed by atoms with Gasteiger partial charge in [0.1, 0.15) is 0 Å². The third-order valence-corrected chi connectivity index (χ3v) is 2.66. The Kier molecular flexibility index (Phi) is 2.76. The van der Waals surface area contributed by atoms with Crippen molar-refractivity contribution in [1.29, 1.82) is 0 Å². The molecule has 2 nitrogen and oxygen atoms in total. The zero-order valence-electron chi connectivity index (χ0n) is 6.76. The van der Waals surface area contributed by atoms with Gasteiger partial charge in [-0.25, -0.2) is 4.98 Å². The number of aromatic nitrogens is 1. The normalized spacial score (nSPS) is 10.0. The quantitative estimate of drug-likeness (QED) is 0.673. The Morgan fingerprint density at radius 2 is 2.18 bits per heavy atom. The lowest BCUT2D eigenvalue weighted by atomic mass is 10.2. The monoisotopic (exact) mass is 169 g/mol. The molecular formula is C8H11NOS. The van der Waals surface area contributed by atoms with Crippen LogP contribution in [0, 0.1) is 0 Å². The first-order valence-electron chi connectivity index (χ1n) is 3.75. The number of hydrogen-bond acceptors (Lipinski definition) is 3. The van der Waals surface area contributed by atoms with Crippen molar-refractivity contribution < 1.29 is 0 Å². The molecule has 1 aromatic heterocycles. The zero-order chi connectivity index (χ0) is 8.27. The average molecular weight is 169 g/mol. The fourth-order valence-electron chi connectivity index (χ4n) is 1.05. The van der Waals surface area contributed by atoms with Crippen LogP contribution in [0.1, 0.15) is 24.3 Å². The summed E-state index contributed by atoms with van der Waals surface area (Å²) < 4.78 is 0. The molecule has 1 heterocycles. The van der Waals surface area contributed by atoms with E-state index in [-0.39, 0.29) is 5.56 Å². The Labute approximate surface area is 69.9 Å². The predicted molar refractivity (Wildman–Crippen MR) is 47.1 cm³/mol. The number of nitrogens with zero attached hydrogens (tertiary/aromatic N) is 1. The van der Waals surface area contributed by atoms with Crippen molar-refractivity contribution in [3.8, 4) is 0 Å². The minimum Gasteiger partial charge on any atom is -0.267 e. The second-order valence-corrected chi connectivity index (χ2v) is 3.21. The fraction of sp³-hybridized carbons (Fsp3) is 0.500. The number of rotatable bonds is 2. The summed E-state index contributed by atoms with van der Waals surface area (Å²) in [5.41, 5.74) is 2.46. The van der Waals surface area contributed by atoms with Crippen LogP contribution in [-0.2, 0) is 12.8 Å². The smallest absolute Gasteiger partial charge is 0.267 e. The van der Waals surface area contributed by atoms with Crippen LogP contribution in [-0.4, -0.2) is 4.98 Å². The van der Waals surface area contributed by atoms with Crippen LogP contribution in [0.4, 0.5) is 0 Å². The van der Waals surface area contributed by atoms with Crippen molar-refractivity contribution >= 4 is 11.3 Å². The summed E-state index contributed by atoms with van der Waals surface area (Å²) in [6, 6.07) is 0. The van der Waals surface area contributed by atoms with Gasteiger partial charge in [0.15, 0.2) is 0 Å². The van der Waals surface area contributed by atoms with Gasteiger partial charge in [-0.1, -0.05) is 13.8 Å². The van der Waals surface area contributed by atoms with Gasteiger partial charge in [0.25, 0.3) is 5.56 Å². The first-order valence-corrected chi connectivity index (χ1v) is 4.63. The standard InChI is InChI=1S/C8H11NOS/c1-3-6-7(4-2)11-5-9-8(6)10/h5H,3-4H2,1-2H3. The molecule has 0 saturated carbocycles. The molecule has 0 aliphatic carbocycles. The molecule has 0 saturated heterocycles. The van der Waals surface area contributed by atoms with Gasteiger partial charge in [-0.05, 0) is 12.8 Å². The van der Waals surface area contributed by atoms with Crippen LogP contribution in [0.5, 0.6) is 0 Å². The molecule has 0 N–H and O–H groups in total. The molecule has 0 bridgehead atoms. The van der Waals surface area contributed by atoms with Crippen molar-refractivity contribution in [2.24, 2.45) is 0 Å². The minimum atomic E-state index is -0.0527. The molecule has 0 atom stereocenters. The summed E-state index contributed by atoms with van der Waals surface area (Å²) >= 11 is 1.57. The molecule has 0 spiro atoms. The van der Waals surface area contributed by atoms with Crippen LogP contribution in [0.2, 0.25) is 0 Å². The van der Waals surface area contributed by atoms with E-state index in [4.69, 9.17) is 0 Å². The van der Waals surface area contributed by atoms with E-state index < -0.39 is 0 Å². The average Bonchev–Trinajstić information content (AvgIpc) is 2.04. The van der Waals surface area contributed by atoms with Crippen molar-refractivity contribution in [2.75, 3.05) is 0 Å². The SMILES string of the molecule is CCc1scnc(=O)c1CC. The molecular weight excluding hydrogens is 158 g/mol. The molecule has 0 aromatic carbocycles. The van der Waals surface area contributed by atoms with Crippen molar-refractivity contribution in [3.05, 3.63) is 26.3 Å². The van der Waals surface area contributed by atoms with Gasteiger partial charge >= 0.3 is 0 Å². The second-order valence-electron chi connectivity index (χ2n) is 2.27. The Balaban J connectivity index is 3.24. The second kappa shape index (κ2) is 3.62. The van der Waals surface area contributed by atoms with Crippen LogP contribution >= 0.6 is 11.3 Å². The van der Waals surface area contributed by atoms with E-state index >= 15 is 0 Å². The Morgan fingerprint density at radius 1 is 1.45 bits per heavy atom. The lowest BCUT2D eigenvalue weighted by molar-refractivity contribution is 1.02. The van der Waals surface area contributed by atoms with Crippen LogP contribution in [0.3, 0.4) is 0 Å². The van der Waals surface area contributed by atoms with Crippen LogP contribution < -0.4 is 5.56 Å². The predicted octanol–water partition coefficient (Wildman–Crippen LogP) is 1.63. The minimum absolute atomic E-state index is 0.0527. The Hall–Kier alpha value is -0.700. The van der Waals surface area contributed by atoms with Gasteiger partial charge in [-0.3, -0.25) is 4.79 Å². The summed E-state index contributed by atoms with van der Waals surface area (Å²) in [6.45, 7) is 4.05. The summed E-state index contributed by atoms with van der Waals surface area (Å²) in [7, 11) is 0. The summed E-state index contributed by atoms with van der Waals surface area (Å²) in [5, 5.41) is 0. The maximum atomic E-state index is 11.1. The highest BCUT2D eigenvalue weighted by atomic mass is 32.1. The maximum absolute atomic E-state index is 11.1. The Morgan fingerprint density at radius 3 is 2.64 bits per heavy atom. The zero-order valence-corrected chi connectivity index (χ0v) is 7.57. The van der Waals surface area contributed by atoms with Crippen molar-refractivity contribution in [2.45, 2.75) is 26.7 Å². The van der Waals surface area contributed by atoms with E-state index in [9.17, 15) is 4.79 Å². The molecule has 3 heteroatoms. The van der Waals surface area contributed by atoms with E-state index in [2.05, 4.69) is 11.9 Å². The maximum Gasteiger partial charge on any atom is 0.274 e. The molecule has 60 valence electrons. The highest BCUT2D eigenvalue weighted by molar-refractivity contribution is 7.09. The van der Waals surface area contributed by atoms with Gasteiger partial charge in [-0.2, -0.15) is 0 Å². The number of aryl methyl sites for hydroxylation is 1. The molecule has 0 radical (unpaired) electrons. The molecule has 0 aliphatic rings. The van der Waals surface area contributed by atoms with E-state index in [0.717, 1.165) is 18.4 Å². The molecule has 1 aromatic rings. The summed E-state index contributed by atoms with van der Waals surface area (Å²) in [5.74, 6) is 0. The lowest BCUT2D eigenvalue weighted by Gasteiger charge is -1.99. The molecule has 0 unspecified atom stereocenters. The van der Waals surface area contributed by atoms with Crippen molar-refractivity contribution in [3.63, 3.8) is 0 Å². The largest absolute Gasteiger partial charge is 0.274 e. The lowest BCUT2D eigenvalue weighted by Crippen LogP contribution is -2.12. The first kappa shape index (κ1) is 8.40. The third kappa shape index (κ3) is 1.66. The first-order chi connectivity index (χ1) is 5.29. The molecule has 11 heavy (non-hydrogen) atoms.